The molecule has 1 fully saturated rings. The molecule has 2 heterocycles. The number of aliphatic imine (C=N–C) groups is 1. The highest BCUT2D eigenvalue weighted by Crippen LogP contribution is 2.14. The molecule has 0 bridgehead atoms. The summed E-state index contributed by atoms with van der Waals surface area (Å²) in [6.45, 7) is 9.63. The fourth-order valence-electron chi connectivity index (χ4n) is 2.55. The first-order valence-electron chi connectivity index (χ1n) is 7.77. The Morgan fingerprint density at radius 1 is 1.36 bits per heavy atom. The van der Waals surface area contributed by atoms with Gasteiger partial charge in [0.05, 0.1) is 25.5 Å². The SMILES string of the molecule is CN=C(NCc1ccnn1C)NCC(C)(C)N1CCOCC1. The number of hydrogen-bond donors (Lipinski definition) is 2. The lowest BCUT2D eigenvalue weighted by atomic mass is 10.0. The summed E-state index contributed by atoms with van der Waals surface area (Å²) < 4.78 is 7.29. The van der Waals surface area contributed by atoms with Crippen molar-refractivity contribution in [2.75, 3.05) is 39.9 Å². The van der Waals surface area contributed by atoms with Crippen molar-refractivity contribution in [2.24, 2.45) is 12.0 Å². The van der Waals surface area contributed by atoms with Crippen LogP contribution < -0.4 is 10.6 Å². The van der Waals surface area contributed by atoms with E-state index in [1.165, 1.54) is 0 Å². The van der Waals surface area contributed by atoms with Gasteiger partial charge in [-0.15, -0.1) is 0 Å². The average Bonchev–Trinajstić information content (AvgIpc) is 2.93. The molecular formula is C15H28N6O. The van der Waals surface area contributed by atoms with E-state index in [1.807, 2.05) is 17.8 Å². The zero-order valence-corrected chi connectivity index (χ0v) is 14.1. The molecule has 1 aliphatic rings. The van der Waals surface area contributed by atoms with Crippen LogP contribution in [0.2, 0.25) is 0 Å². The Balaban J connectivity index is 1.81. The first-order valence-corrected chi connectivity index (χ1v) is 7.77. The van der Waals surface area contributed by atoms with E-state index in [0.717, 1.165) is 44.5 Å². The molecule has 0 atom stereocenters. The fourth-order valence-corrected chi connectivity index (χ4v) is 2.55. The number of nitrogens with one attached hydrogen (secondary N) is 2. The van der Waals surface area contributed by atoms with Crippen molar-refractivity contribution in [3.63, 3.8) is 0 Å². The van der Waals surface area contributed by atoms with Crippen molar-refractivity contribution in [3.05, 3.63) is 18.0 Å². The molecule has 0 unspecified atom stereocenters. The molecule has 7 nitrogen and oxygen atoms in total. The predicted octanol–water partition coefficient (Wildman–Crippen LogP) is 0.196. The number of aryl methyl sites for hydroxylation is 1. The second kappa shape index (κ2) is 7.60. The number of guanidine groups is 1. The highest BCUT2D eigenvalue weighted by molar-refractivity contribution is 5.79. The smallest absolute Gasteiger partial charge is 0.191 e. The number of nitrogens with zero attached hydrogens (tertiary/aromatic N) is 4. The molecule has 2 rings (SSSR count). The lowest BCUT2D eigenvalue weighted by Crippen LogP contribution is -2.56. The number of morpholine rings is 1. The molecule has 124 valence electrons. The van der Waals surface area contributed by atoms with Crippen LogP contribution in [-0.4, -0.2) is 66.1 Å². The van der Waals surface area contributed by atoms with Crippen LogP contribution in [0, 0.1) is 0 Å². The van der Waals surface area contributed by atoms with Gasteiger partial charge in [0.1, 0.15) is 0 Å². The Morgan fingerprint density at radius 2 is 2.09 bits per heavy atom. The summed E-state index contributed by atoms with van der Waals surface area (Å²) in [5.74, 6) is 0.808. The van der Waals surface area contributed by atoms with Gasteiger partial charge in [-0.2, -0.15) is 5.10 Å². The van der Waals surface area contributed by atoms with E-state index in [0.29, 0.717) is 6.54 Å². The van der Waals surface area contributed by atoms with Gasteiger partial charge in [0, 0.05) is 45.5 Å². The monoisotopic (exact) mass is 308 g/mol. The van der Waals surface area contributed by atoms with E-state index in [4.69, 9.17) is 4.74 Å². The first-order chi connectivity index (χ1) is 10.5. The maximum atomic E-state index is 5.43. The summed E-state index contributed by atoms with van der Waals surface area (Å²) in [7, 11) is 3.73. The van der Waals surface area contributed by atoms with Crippen molar-refractivity contribution in [3.8, 4) is 0 Å². The third-order valence-corrected chi connectivity index (χ3v) is 4.14. The quantitative estimate of drug-likeness (QED) is 0.601. The van der Waals surface area contributed by atoms with E-state index < -0.39 is 0 Å². The van der Waals surface area contributed by atoms with Crippen molar-refractivity contribution < 1.29 is 4.74 Å². The van der Waals surface area contributed by atoms with E-state index in [-0.39, 0.29) is 5.54 Å². The Morgan fingerprint density at radius 3 is 2.68 bits per heavy atom. The van der Waals surface area contributed by atoms with Crippen LogP contribution in [0.25, 0.3) is 0 Å². The van der Waals surface area contributed by atoms with E-state index in [2.05, 4.69) is 39.5 Å². The summed E-state index contributed by atoms with van der Waals surface area (Å²) in [6.07, 6.45) is 1.80. The molecule has 7 heteroatoms. The average molecular weight is 308 g/mol. The lowest BCUT2D eigenvalue weighted by Gasteiger charge is -2.41. The van der Waals surface area contributed by atoms with Crippen LogP contribution in [0.3, 0.4) is 0 Å². The van der Waals surface area contributed by atoms with Crippen LogP contribution in [0.4, 0.5) is 0 Å². The summed E-state index contributed by atoms with van der Waals surface area (Å²) in [5, 5.41) is 10.9. The van der Waals surface area contributed by atoms with Gasteiger partial charge in [-0.25, -0.2) is 0 Å². The molecule has 2 N–H and O–H groups in total. The molecule has 0 saturated carbocycles. The van der Waals surface area contributed by atoms with E-state index in [1.54, 1.807) is 13.2 Å². The summed E-state index contributed by atoms with van der Waals surface area (Å²) >= 11 is 0. The van der Waals surface area contributed by atoms with Crippen molar-refractivity contribution in [1.82, 2.24) is 25.3 Å². The van der Waals surface area contributed by atoms with Crippen molar-refractivity contribution >= 4 is 5.96 Å². The number of ether oxygens (including phenoxy) is 1. The predicted molar refractivity (Wildman–Crippen MR) is 87.9 cm³/mol. The fraction of sp³-hybridized carbons (Fsp3) is 0.733. The molecule has 1 aliphatic heterocycles. The van der Waals surface area contributed by atoms with Gasteiger partial charge in [0.15, 0.2) is 5.96 Å². The van der Waals surface area contributed by atoms with Gasteiger partial charge in [0.25, 0.3) is 0 Å². The van der Waals surface area contributed by atoms with Gasteiger partial charge in [-0.05, 0) is 19.9 Å². The Kier molecular flexibility index (Phi) is 5.79. The van der Waals surface area contributed by atoms with Crippen molar-refractivity contribution in [2.45, 2.75) is 25.9 Å². The van der Waals surface area contributed by atoms with Gasteiger partial charge in [-0.3, -0.25) is 14.6 Å². The maximum Gasteiger partial charge on any atom is 0.191 e. The van der Waals surface area contributed by atoms with E-state index >= 15 is 0 Å². The van der Waals surface area contributed by atoms with Crippen LogP contribution in [0.15, 0.2) is 17.3 Å². The third-order valence-electron chi connectivity index (χ3n) is 4.14. The minimum Gasteiger partial charge on any atom is -0.379 e. The second-order valence-corrected chi connectivity index (χ2v) is 6.14. The molecule has 1 aromatic heterocycles. The molecule has 1 aromatic rings. The summed E-state index contributed by atoms with van der Waals surface area (Å²) in [6, 6.07) is 2.00. The minimum atomic E-state index is 0.0634. The molecule has 0 aromatic carbocycles. The molecule has 1 saturated heterocycles. The van der Waals surface area contributed by atoms with Gasteiger partial charge in [0.2, 0.25) is 0 Å². The van der Waals surface area contributed by atoms with Crippen LogP contribution in [0.5, 0.6) is 0 Å². The molecular weight excluding hydrogens is 280 g/mol. The molecule has 22 heavy (non-hydrogen) atoms. The highest BCUT2D eigenvalue weighted by Gasteiger charge is 2.28. The van der Waals surface area contributed by atoms with Crippen LogP contribution >= 0.6 is 0 Å². The lowest BCUT2D eigenvalue weighted by molar-refractivity contribution is -0.00834. The normalized spacial score (nSPS) is 17.5. The minimum absolute atomic E-state index is 0.0634. The first kappa shape index (κ1) is 16.8. The highest BCUT2D eigenvalue weighted by atomic mass is 16.5. The second-order valence-electron chi connectivity index (χ2n) is 6.14. The number of rotatable bonds is 5. The zero-order chi connectivity index (χ0) is 16.0. The standard InChI is InChI=1S/C15H28N6O/c1-15(2,21-7-9-22-10-8-21)12-18-14(16-3)17-11-13-5-6-19-20(13)4/h5-6H,7-12H2,1-4H3,(H2,16,17,18). The molecule has 0 amide bonds. The largest absolute Gasteiger partial charge is 0.379 e. The topological polar surface area (TPSA) is 66.7 Å². The molecule has 0 radical (unpaired) electrons. The Bertz CT molecular complexity index is 490. The van der Waals surface area contributed by atoms with Crippen LogP contribution in [0.1, 0.15) is 19.5 Å². The number of aromatic nitrogens is 2. The van der Waals surface area contributed by atoms with Crippen LogP contribution in [-0.2, 0) is 18.3 Å². The van der Waals surface area contributed by atoms with Gasteiger partial charge < -0.3 is 15.4 Å². The summed E-state index contributed by atoms with van der Waals surface area (Å²) in [4.78, 5) is 6.74. The maximum absolute atomic E-state index is 5.43. The number of hydrogen-bond acceptors (Lipinski definition) is 4. The van der Waals surface area contributed by atoms with E-state index in [9.17, 15) is 0 Å². The molecule has 0 aliphatic carbocycles. The van der Waals surface area contributed by atoms with Gasteiger partial charge in [-0.1, -0.05) is 0 Å². The Hall–Kier alpha value is -1.60. The zero-order valence-electron chi connectivity index (χ0n) is 14.1. The van der Waals surface area contributed by atoms with Gasteiger partial charge >= 0.3 is 0 Å². The molecule has 0 spiro atoms. The van der Waals surface area contributed by atoms with Crippen molar-refractivity contribution in [1.29, 1.82) is 0 Å². The Labute approximate surface area is 132 Å². The third kappa shape index (κ3) is 4.45. The summed E-state index contributed by atoms with van der Waals surface area (Å²) in [5.41, 5.74) is 1.18.